The first-order chi connectivity index (χ1) is 7.34. The van der Waals surface area contributed by atoms with Gasteiger partial charge in [0.25, 0.3) is 11.1 Å². The van der Waals surface area contributed by atoms with Crippen LogP contribution in [0.15, 0.2) is 12.1 Å². The number of carbonyl (C=O) groups is 1. The van der Waals surface area contributed by atoms with Gasteiger partial charge in [0.15, 0.2) is 0 Å². The van der Waals surface area contributed by atoms with Gasteiger partial charge in [-0.2, -0.15) is 4.39 Å². The fourth-order valence-corrected chi connectivity index (χ4v) is 1.08. The highest BCUT2D eigenvalue weighted by molar-refractivity contribution is 6.67. The van der Waals surface area contributed by atoms with E-state index in [-0.39, 0.29) is 0 Å². The molecule has 0 bridgehead atoms. The zero-order valence-electron chi connectivity index (χ0n) is 7.35. The highest BCUT2D eigenvalue weighted by atomic mass is 35.5. The van der Waals surface area contributed by atoms with Crippen LogP contribution in [0.25, 0.3) is 0 Å². The summed E-state index contributed by atoms with van der Waals surface area (Å²) < 4.78 is 13.2. The summed E-state index contributed by atoms with van der Waals surface area (Å²) in [6.07, 6.45) is 0. The van der Waals surface area contributed by atoms with Gasteiger partial charge in [0.2, 0.25) is 0 Å². The number of hydrogen-bond donors (Lipinski definition) is 0. The van der Waals surface area contributed by atoms with Gasteiger partial charge in [0, 0.05) is 17.7 Å². The summed E-state index contributed by atoms with van der Waals surface area (Å²) in [7, 11) is 0. The van der Waals surface area contributed by atoms with Crippen molar-refractivity contribution < 1.29 is 19.0 Å². The number of halogens is 2. The van der Waals surface area contributed by atoms with Crippen LogP contribution in [0.4, 0.5) is 15.8 Å². The summed E-state index contributed by atoms with van der Waals surface area (Å²) in [6.45, 7) is 0. The summed E-state index contributed by atoms with van der Waals surface area (Å²) in [6, 6.07) is 1.08. The number of carbonyl (C=O) groups excluding carboxylic acids is 1. The van der Waals surface area contributed by atoms with Gasteiger partial charge >= 0.3 is 11.4 Å². The average Bonchev–Trinajstić information content (AvgIpc) is 2.16. The van der Waals surface area contributed by atoms with Crippen molar-refractivity contribution in [3.63, 3.8) is 0 Å². The molecule has 0 aliphatic rings. The maximum Gasteiger partial charge on any atom is 0.312 e. The van der Waals surface area contributed by atoms with Crippen LogP contribution in [0.5, 0.6) is 0 Å². The van der Waals surface area contributed by atoms with Gasteiger partial charge in [-0.15, -0.1) is 0 Å². The van der Waals surface area contributed by atoms with Gasteiger partial charge in [-0.3, -0.25) is 25.0 Å². The molecule has 0 radical (unpaired) electrons. The van der Waals surface area contributed by atoms with Crippen molar-refractivity contribution in [2.45, 2.75) is 0 Å². The van der Waals surface area contributed by atoms with E-state index in [1.165, 1.54) is 0 Å². The van der Waals surface area contributed by atoms with Crippen LogP contribution in [0.2, 0.25) is 0 Å². The zero-order chi connectivity index (χ0) is 12.5. The molecule has 0 fully saturated rings. The van der Waals surface area contributed by atoms with E-state index in [0.29, 0.717) is 12.1 Å². The van der Waals surface area contributed by atoms with Crippen molar-refractivity contribution >= 4 is 28.2 Å². The Morgan fingerprint density at radius 3 is 1.81 bits per heavy atom. The van der Waals surface area contributed by atoms with E-state index in [1.54, 1.807) is 0 Å². The topological polar surface area (TPSA) is 103 Å². The van der Waals surface area contributed by atoms with Crippen molar-refractivity contribution in [2.75, 3.05) is 0 Å². The second-order valence-electron chi connectivity index (χ2n) is 2.62. The van der Waals surface area contributed by atoms with Crippen LogP contribution in [-0.4, -0.2) is 15.1 Å². The Bertz CT molecular complexity index is 469. The van der Waals surface area contributed by atoms with E-state index >= 15 is 0 Å². The summed E-state index contributed by atoms with van der Waals surface area (Å²) in [5.74, 6) is -1.61. The fourth-order valence-electron chi connectivity index (χ4n) is 0.973. The van der Waals surface area contributed by atoms with E-state index in [9.17, 15) is 29.4 Å². The molecule has 0 aliphatic carbocycles. The first-order valence-corrected chi connectivity index (χ1v) is 4.04. The third-order valence-electron chi connectivity index (χ3n) is 1.65. The van der Waals surface area contributed by atoms with Crippen LogP contribution in [0.3, 0.4) is 0 Å². The highest BCUT2D eigenvalue weighted by Gasteiger charge is 2.28. The predicted molar refractivity (Wildman–Crippen MR) is 49.9 cm³/mol. The fraction of sp³-hybridized carbons (Fsp3) is 0. The molecule has 0 spiro atoms. The Morgan fingerprint density at radius 2 is 1.56 bits per heavy atom. The van der Waals surface area contributed by atoms with Gasteiger partial charge in [-0.1, -0.05) is 0 Å². The second kappa shape index (κ2) is 4.19. The summed E-state index contributed by atoms with van der Waals surface area (Å²) in [4.78, 5) is 29.1. The third kappa shape index (κ3) is 2.11. The van der Waals surface area contributed by atoms with Crippen molar-refractivity contribution in [3.05, 3.63) is 43.7 Å². The molecule has 0 saturated heterocycles. The second-order valence-corrected chi connectivity index (χ2v) is 2.96. The van der Waals surface area contributed by atoms with Crippen molar-refractivity contribution in [2.24, 2.45) is 0 Å². The van der Waals surface area contributed by atoms with Crippen molar-refractivity contribution in [1.82, 2.24) is 0 Å². The molecule has 0 aromatic heterocycles. The van der Waals surface area contributed by atoms with Gasteiger partial charge in [-0.25, -0.2) is 0 Å². The lowest BCUT2D eigenvalue weighted by molar-refractivity contribution is -0.399. The predicted octanol–water partition coefficient (Wildman–Crippen LogP) is 2.02. The van der Waals surface area contributed by atoms with Crippen molar-refractivity contribution in [3.8, 4) is 0 Å². The molecule has 0 saturated carbocycles. The molecule has 7 nitrogen and oxygen atoms in total. The minimum Gasteiger partial charge on any atom is -0.276 e. The Balaban J connectivity index is 3.57. The third-order valence-corrected chi connectivity index (χ3v) is 1.87. The number of hydrogen-bond acceptors (Lipinski definition) is 5. The Morgan fingerprint density at radius 1 is 1.19 bits per heavy atom. The zero-order valence-corrected chi connectivity index (χ0v) is 8.10. The lowest BCUT2D eigenvalue weighted by Crippen LogP contribution is -2.02. The smallest absolute Gasteiger partial charge is 0.276 e. The van der Waals surface area contributed by atoms with Crippen LogP contribution < -0.4 is 0 Å². The first kappa shape index (κ1) is 12.0. The quantitative estimate of drug-likeness (QED) is 0.462. The number of nitro benzene ring substituents is 2. The van der Waals surface area contributed by atoms with Crippen LogP contribution >= 0.6 is 11.6 Å². The standard InChI is InChI=1S/C7H2ClFN2O5/c8-7(12)3-1-4(10(13)14)6(9)5(2-3)11(15)16/h1-2H. The summed E-state index contributed by atoms with van der Waals surface area (Å²) in [5, 5.41) is 19.6. The molecule has 0 unspecified atom stereocenters. The molecular weight excluding hydrogens is 247 g/mol. The maximum absolute atomic E-state index is 13.2. The van der Waals surface area contributed by atoms with Gasteiger partial charge < -0.3 is 0 Å². The number of nitro groups is 2. The monoisotopic (exact) mass is 248 g/mol. The summed E-state index contributed by atoms with van der Waals surface area (Å²) >= 11 is 5.00. The molecule has 0 aliphatic heterocycles. The van der Waals surface area contributed by atoms with Crippen LogP contribution in [-0.2, 0) is 0 Å². The van der Waals surface area contributed by atoms with Gasteiger partial charge in [0.1, 0.15) is 0 Å². The van der Waals surface area contributed by atoms with E-state index in [0.717, 1.165) is 0 Å². The summed E-state index contributed by atoms with van der Waals surface area (Å²) in [5.41, 5.74) is -2.85. The highest BCUT2D eigenvalue weighted by Crippen LogP contribution is 2.28. The molecule has 0 atom stereocenters. The molecule has 84 valence electrons. The molecule has 1 rings (SSSR count). The first-order valence-electron chi connectivity index (χ1n) is 3.66. The Labute approximate surface area is 91.7 Å². The van der Waals surface area contributed by atoms with Crippen molar-refractivity contribution in [1.29, 1.82) is 0 Å². The number of rotatable bonds is 3. The molecule has 0 heterocycles. The van der Waals surface area contributed by atoms with Gasteiger partial charge in [0.05, 0.1) is 9.85 Å². The average molecular weight is 249 g/mol. The maximum atomic E-state index is 13.2. The minimum atomic E-state index is -1.61. The lowest BCUT2D eigenvalue weighted by atomic mass is 10.2. The number of benzene rings is 1. The molecule has 1 aromatic carbocycles. The van der Waals surface area contributed by atoms with Crippen LogP contribution in [0.1, 0.15) is 10.4 Å². The Kier molecular flexibility index (Phi) is 3.14. The van der Waals surface area contributed by atoms with E-state index < -0.39 is 37.8 Å². The molecule has 0 N–H and O–H groups in total. The molecule has 9 heteroatoms. The molecule has 0 amide bonds. The van der Waals surface area contributed by atoms with Gasteiger partial charge in [-0.05, 0) is 11.6 Å². The molecular formula is C7H2ClFN2O5. The Hall–Kier alpha value is -2.09. The van der Waals surface area contributed by atoms with E-state index in [2.05, 4.69) is 0 Å². The molecule has 16 heavy (non-hydrogen) atoms. The SMILES string of the molecule is O=C(Cl)c1cc([N+](=O)[O-])c(F)c([N+](=O)[O-])c1. The lowest BCUT2D eigenvalue weighted by Gasteiger charge is -1.98. The number of nitrogens with zero attached hydrogens (tertiary/aromatic N) is 2. The van der Waals surface area contributed by atoms with Crippen LogP contribution in [0, 0.1) is 26.0 Å². The normalized spacial score (nSPS) is 9.88. The molecule has 1 aromatic rings. The largest absolute Gasteiger partial charge is 0.312 e. The van der Waals surface area contributed by atoms with E-state index in [4.69, 9.17) is 11.6 Å². The van der Waals surface area contributed by atoms with E-state index in [1.807, 2.05) is 0 Å². The minimum absolute atomic E-state index is 0.513.